The van der Waals surface area contributed by atoms with Gasteiger partial charge in [0.2, 0.25) is 0 Å². The van der Waals surface area contributed by atoms with E-state index in [1.807, 2.05) is 0 Å². The molecule has 3 heteroatoms. The predicted octanol–water partition coefficient (Wildman–Crippen LogP) is 3.91. The highest BCUT2D eigenvalue weighted by atomic mass is 15.0. The molecule has 1 rings (SSSR count). The summed E-state index contributed by atoms with van der Waals surface area (Å²) in [5, 5.41) is 6.93. The Labute approximate surface area is 118 Å². The van der Waals surface area contributed by atoms with Crippen LogP contribution < -0.4 is 10.6 Å². The van der Waals surface area contributed by atoms with Crippen molar-refractivity contribution in [3.05, 3.63) is 23.4 Å². The molecule has 19 heavy (non-hydrogen) atoms. The summed E-state index contributed by atoms with van der Waals surface area (Å²) >= 11 is 0. The topological polar surface area (TPSA) is 37.0 Å². The number of rotatable bonds is 5. The lowest BCUT2D eigenvalue weighted by atomic mass is 10.1. The van der Waals surface area contributed by atoms with Crippen molar-refractivity contribution in [3.63, 3.8) is 0 Å². The van der Waals surface area contributed by atoms with Crippen LogP contribution in [-0.2, 0) is 6.54 Å². The SMILES string of the molecule is CC(C)Nc1cc(CNC(C)(C)C)cc(C(C)C)n1. The van der Waals surface area contributed by atoms with Crippen LogP contribution in [0.2, 0.25) is 0 Å². The van der Waals surface area contributed by atoms with E-state index in [2.05, 4.69) is 76.2 Å². The molecular formula is C16H29N3. The molecule has 1 aromatic heterocycles. The number of hydrogen-bond acceptors (Lipinski definition) is 3. The third-order valence-electron chi connectivity index (χ3n) is 2.76. The van der Waals surface area contributed by atoms with Crippen molar-refractivity contribution in [2.24, 2.45) is 0 Å². The molecule has 0 unspecified atom stereocenters. The number of hydrogen-bond donors (Lipinski definition) is 2. The highest BCUT2D eigenvalue weighted by Gasteiger charge is 2.11. The Balaban J connectivity index is 2.93. The Kier molecular flexibility index (Phi) is 5.36. The summed E-state index contributed by atoms with van der Waals surface area (Å²) in [6, 6.07) is 4.75. The number of aromatic nitrogens is 1. The molecule has 0 fully saturated rings. The van der Waals surface area contributed by atoms with Crippen LogP contribution in [0.4, 0.5) is 5.82 Å². The Morgan fingerprint density at radius 3 is 2.21 bits per heavy atom. The summed E-state index contributed by atoms with van der Waals surface area (Å²) in [6.45, 7) is 16.1. The third kappa shape index (κ3) is 6.06. The van der Waals surface area contributed by atoms with Crippen molar-refractivity contribution in [1.29, 1.82) is 0 Å². The van der Waals surface area contributed by atoms with Crippen LogP contribution in [0, 0.1) is 0 Å². The predicted molar refractivity (Wildman–Crippen MR) is 83.7 cm³/mol. The van der Waals surface area contributed by atoms with Gasteiger partial charge < -0.3 is 10.6 Å². The van der Waals surface area contributed by atoms with Crippen molar-refractivity contribution in [1.82, 2.24) is 10.3 Å². The van der Waals surface area contributed by atoms with Crippen molar-refractivity contribution in [3.8, 4) is 0 Å². The molecule has 0 saturated carbocycles. The van der Waals surface area contributed by atoms with E-state index in [-0.39, 0.29) is 5.54 Å². The number of nitrogens with zero attached hydrogens (tertiary/aromatic N) is 1. The second-order valence-corrected chi connectivity index (χ2v) is 6.84. The van der Waals surface area contributed by atoms with Gasteiger partial charge in [-0.2, -0.15) is 0 Å². The van der Waals surface area contributed by atoms with E-state index in [9.17, 15) is 0 Å². The second-order valence-electron chi connectivity index (χ2n) is 6.84. The maximum Gasteiger partial charge on any atom is 0.126 e. The molecule has 0 amide bonds. The van der Waals surface area contributed by atoms with Crippen LogP contribution in [0.5, 0.6) is 0 Å². The van der Waals surface area contributed by atoms with Gasteiger partial charge in [0, 0.05) is 23.8 Å². The zero-order chi connectivity index (χ0) is 14.6. The molecule has 0 aliphatic rings. The van der Waals surface area contributed by atoms with Gasteiger partial charge in [-0.15, -0.1) is 0 Å². The lowest BCUT2D eigenvalue weighted by Gasteiger charge is -2.21. The molecule has 0 saturated heterocycles. The van der Waals surface area contributed by atoms with E-state index in [4.69, 9.17) is 0 Å². The number of anilines is 1. The van der Waals surface area contributed by atoms with Gasteiger partial charge >= 0.3 is 0 Å². The van der Waals surface area contributed by atoms with Gasteiger partial charge in [-0.3, -0.25) is 0 Å². The molecule has 0 atom stereocenters. The molecule has 2 N–H and O–H groups in total. The molecular weight excluding hydrogens is 234 g/mol. The fourth-order valence-corrected chi connectivity index (χ4v) is 1.75. The summed E-state index contributed by atoms with van der Waals surface area (Å²) in [7, 11) is 0. The van der Waals surface area contributed by atoms with Crippen LogP contribution in [0.1, 0.15) is 65.6 Å². The van der Waals surface area contributed by atoms with Crippen LogP contribution in [0.3, 0.4) is 0 Å². The van der Waals surface area contributed by atoms with E-state index in [0.717, 1.165) is 18.1 Å². The van der Waals surface area contributed by atoms with E-state index in [1.165, 1.54) is 5.56 Å². The van der Waals surface area contributed by atoms with Crippen molar-refractivity contribution in [2.75, 3.05) is 5.32 Å². The number of pyridine rings is 1. The van der Waals surface area contributed by atoms with Crippen molar-refractivity contribution < 1.29 is 0 Å². The van der Waals surface area contributed by atoms with Crippen molar-refractivity contribution in [2.45, 2.75) is 72.5 Å². The van der Waals surface area contributed by atoms with Crippen LogP contribution in [0.15, 0.2) is 12.1 Å². The zero-order valence-electron chi connectivity index (χ0n) is 13.5. The maximum absolute atomic E-state index is 4.68. The quantitative estimate of drug-likeness (QED) is 0.845. The summed E-state index contributed by atoms with van der Waals surface area (Å²) < 4.78 is 0. The first-order valence-corrected chi connectivity index (χ1v) is 7.20. The van der Waals surface area contributed by atoms with E-state index >= 15 is 0 Å². The van der Waals surface area contributed by atoms with Gasteiger partial charge in [-0.1, -0.05) is 13.8 Å². The summed E-state index contributed by atoms with van der Waals surface area (Å²) in [6.07, 6.45) is 0. The normalized spacial score (nSPS) is 12.3. The fourth-order valence-electron chi connectivity index (χ4n) is 1.75. The summed E-state index contributed by atoms with van der Waals surface area (Å²) in [4.78, 5) is 4.68. The highest BCUT2D eigenvalue weighted by Crippen LogP contribution is 2.18. The van der Waals surface area contributed by atoms with Gasteiger partial charge in [0.1, 0.15) is 5.82 Å². The molecule has 0 aromatic carbocycles. The highest BCUT2D eigenvalue weighted by molar-refractivity contribution is 5.41. The molecule has 0 radical (unpaired) electrons. The molecule has 108 valence electrons. The maximum atomic E-state index is 4.68. The van der Waals surface area contributed by atoms with Crippen LogP contribution in [0.25, 0.3) is 0 Å². The van der Waals surface area contributed by atoms with Gasteiger partial charge in [0.15, 0.2) is 0 Å². The average Bonchev–Trinajstić information content (AvgIpc) is 2.24. The Morgan fingerprint density at radius 1 is 1.11 bits per heavy atom. The smallest absolute Gasteiger partial charge is 0.126 e. The lowest BCUT2D eigenvalue weighted by Crippen LogP contribution is -2.35. The van der Waals surface area contributed by atoms with Gasteiger partial charge in [-0.25, -0.2) is 4.98 Å². The van der Waals surface area contributed by atoms with Gasteiger partial charge in [0.25, 0.3) is 0 Å². The van der Waals surface area contributed by atoms with Gasteiger partial charge in [-0.05, 0) is 58.2 Å². The molecule has 0 aliphatic carbocycles. The van der Waals surface area contributed by atoms with Gasteiger partial charge in [0.05, 0.1) is 0 Å². The molecule has 0 spiro atoms. The van der Waals surface area contributed by atoms with E-state index < -0.39 is 0 Å². The van der Waals surface area contributed by atoms with Crippen LogP contribution in [-0.4, -0.2) is 16.6 Å². The lowest BCUT2D eigenvalue weighted by molar-refractivity contribution is 0.424. The first-order chi connectivity index (χ1) is 8.67. The average molecular weight is 263 g/mol. The van der Waals surface area contributed by atoms with E-state index in [0.29, 0.717) is 12.0 Å². The first-order valence-electron chi connectivity index (χ1n) is 7.20. The molecule has 0 bridgehead atoms. The largest absolute Gasteiger partial charge is 0.368 e. The van der Waals surface area contributed by atoms with Crippen LogP contribution >= 0.6 is 0 Å². The monoisotopic (exact) mass is 263 g/mol. The minimum atomic E-state index is 0.132. The Hall–Kier alpha value is -1.09. The molecule has 1 heterocycles. The first kappa shape index (κ1) is 16.0. The molecule has 0 aliphatic heterocycles. The zero-order valence-corrected chi connectivity index (χ0v) is 13.5. The summed E-state index contributed by atoms with van der Waals surface area (Å²) in [5.74, 6) is 1.43. The molecule has 3 nitrogen and oxygen atoms in total. The standard InChI is InChI=1S/C16H29N3/c1-11(2)14-8-13(10-17-16(5,6)7)9-15(19-14)18-12(3)4/h8-9,11-12,17H,10H2,1-7H3,(H,18,19). The molecule has 1 aromatic rings. The Bertz CT molecular complexity index is 403. The second kappa shape index (κ2) is 6.38. The minimum absolute atomic E-state index is 0.132. The Morgan fingerprint density at radius 2 is 1.74 bits per heavy atom. The fraction of sp³-hybridized carbons (Fsp3) is 0.688. The summed E-state index contributed by atoms with van der Waals surface area (Å²) in [5.41, 5.74) is 2.57. The van der Waals surface area contributed by atoms with Crippen molar-refractivity contribution >= 4 is 5.82 Å². The van der Waals surface area contributed by atoms with E-state index in [1.54, 1.807) is 0 Å². The third-order valence-corrected chi connectivity index (χ3v) is 2.76. The minimum Gasteiger partial charge on any atom is -0.368 e. The number of nitrogens with one attached hydrogen (secondary N) is 2.